The van der Waals surface area contributed by atoms with Crippen LogP contribution in [0.3, 0.4) is 0 Å². The molecule has 0 radical (unpaired) electrons. The van der Waals surface area contributed by atoms with Crippen LogP contribution in [0.4, 0.5) is 13.2 Å². The van der Waals surface area contributed by atoms with E-state index < -0.39 is 18.1 Å². The Hall–Kier alpha value is -2.75. The van der Waals surface area contributed by atoms with E-state index >= 15 is 0 Å². The molecule has 1 atom stereocenters. The quantitative estimate of drug-likeness (QED) is 0.401. The van der Waals surface area contributed by atoms with E-state index in [0.29, 0.717) is 31.1 Å². The number of allylic oxidation sites excluding steroid dienone is 3. The number of alkyl halides is 3. The third-order valence-corrected chi connectivity index (χ3v) is 4.18. The number of aromatic nitrogens is 2. The van der Waals surface area contributed by atoms with Crippen LogP contribution < -0.4 is 0 Å². The van der Waals surface area contributed by atoms with E-state index in [9.17, 15) is 18.0 Å². The normalized spacial score (nSPS) is 18.0. The van der Waals surface area contributed by atoms with E-state index in [1.165, 1.54) is 27.2 Å². The van der Waals surface area contributed by atoms with Gasteiger partial charge in [0.25, 0.3) is 0 Å². The average Bonchev–Trinajstić information content (AvgIpc) is 2.89. The number of hydrogen-bond acceptors (Lipinski definition) is 6. The third kappa shape index (κ3) is 5.41. The molecular formula is C19H23F3N2O5. The molecule has 2 heterocycles. The summed E-state index contributed by atoms with van der Waals surface area (Å²) in [5, 5.41) is 0. The van der Waals surface area contributed by atoms with Gasteiger partial charge in [0, 0.05) is 12.0 Å². The fourth-order valence-electron chi connectivity index (χ4n) is 2.94. The largest absolute Gasteiger partial charge is 0.573 e. The van der Waals surface area contributed by atoms with E-state index in [4.69, 9.17) is 14.2 Å². The number of imidazole rings is 1. The minimum absolute atomic E-state index is 0.117. The number of carbonyl (C=O) groups is 1. The van der Waals surface area contributed by atoms with Crippen LogP contribution in [0.1, 0.15) is 35.9 Å². The summed E-state index contributed by atoms with van der Waals surface area (Å²) in [5.74, 6) is -1.03. The lowest BCUT2D eigenvalue weighted by Crippen LogP contribution is -2.16. The molecule has 1 aliphatic rings. The van der Waals surface area contributed by atoms with Gasteiger partial charge in [0.2, 0.25) is 0 Å². The molecule has 7 nitrogen and oxygen atoms in total. The van der Waals surface area contributed by atoms with Crippen molar-refractivity contribution in [1.29, 1.82) is 0 Å². The Morgan fingerprint density at radius 2 is 2.00 bits per heavy atom. The van der Waals surface area contributed by atoms with Gasteiger partial charge in [-0.1, -0.05) is 6.58 Å². The molecule has 1 aromatic rings. The van der Waals surface area contributed by atoms with Crippen molar-refractivity contribution in [1.82, 2.24) is 9.55 Å². The number of esters is 1. The predicted octanol–water partition coefficient (Wildman–Crippen LogP) is 3.61. The zero-order valence-electron chi connectivity index (χ0n) is 16.6. The summed E-state index contributed by atoms with van der Waals surface area (Å²) in [6.45, 7) is 7.92. The fraction of sp³-hybridized carbons (Fsp3) is 0.474. The number of hydrogen-bond donors (Lipinski definition) is 0. The lowest BCUT2D eigenvalue weighted by molar-refractivity contribution is -0.305. The summed E-state index contributed by atoms with van der Waals surface area (Å²) < 4.78 is 59.2. The maximum absolute atomic E-state index is 12.6. The van der Waals surface area contributed by atoms with Crippen LogP contribution in [-0.2, 0) is 31.9 Å². The Morgan fingerprint density at radius 3 is 2.55 bits per heavy atom. The maximum Gasteiger partial charge on any atom is 0.573 e. The molecule has 0 saturated carbocycles. The smallest absolute Gasteiger partial charge is 0.493 e. The van der Waals surface area contributed by atoms with E-state index in [2.05, 4.69) is 16.3 Å². The molecule has 1 aromatic heterocycles. The van der Waals surface area contributed by atoms with Crippen LogP contribution in [0, 0.1) is 0 Å². The van der Waals surface area contributed by atoms with Crippen LogP contribution in [0.2, 0.25) is 0 Å². The maximum atomic E-state index is 12.6. The van der Waals surface area contributed by atoms with Gasteiger partial charge in [-0.05, 0) is 26.0 Å². The Labute approximate surface area is 166 Å². The molecule has 2 rings (SSSR count). The Morgan fingerprint density at radius 1 is 1.31 bits per heavy atom. The first kappa shape index (κ1) is 22.5. The molecule has 10 heteroatoms. The molecule has 0 bridgehead atoms. The summed E-state index contributed by atoms with van der Waals surface area (Å²) in [5.41, 5.74) is 0.964. The van der Waals surface area contributed by atoms with Gasteiger partial charge in [0.1, 0.15) is 5.82 Å². The highest BCUT2D eigenvalue weighted by molar-refractivity contribution is 5.89. The van der Waals surface area contributed by atoms with E-state index in [1.807, 2.05) is 6.92 Å². The molecule has 0 saturated heterocycles. The van der Waals surface area contributed by atoms with Crippen LogP contribution in [0.5, 0.6) is 0 Å². The highest BCUT2D eigenvalue weighted by atomic mass is 19.4. The molecule has 160 valence electrons. The average molecular weight is 416 g/mol. The minimum Gasteiger partial charge on any atom is -0.493 e. The van der Waals surface area contributed by atoms with Crippen molar-refractivity contribution in [2.24, 2.45) is 0 Å². The molecule has 0 fully saturated rings. The highest BCUT2D eigenvalue weighted by Crippen LogP contribution is 2.29. The second-order valence-electron chi connectivity index (χ2n) is 6.20. The van der Waals surface area contributed by atoms with Gasteiger partial charge < -0.3 is 23.5 Å². The fourth-order valence-corrected chi connectivity index (χ4v) is 2.94. The number of rotatable bonds is 6. The molecule has 0 amide bonds. The molecule has 0 spiro atoms. The van der Waals surface area contributed by atoms with Crippen LogP contribution in [0.25, 0.3) is 5.57 Å². The number of halogens is 3. The molecule has 0 aromatic carbocycles. The molecule has 0 aliphatic carbocycles. The molecule has 0 unspecified atom stereocenters. The van der Waals surface area contributed by atoms with Gasteiger partial charge in [-0.15, -0.1) is 13.2 Å². The van der Waals surface area contributed by atoms with Crippen LogP contribution in [-0.4, -0.2) is 48.8 Å². The zero-order valence-corrected chi connectivity index (χ0v) is 16.6. The van der Waals surface area contributed by atoms with Gasteiger partial charge in [-0.3, -0.25) is 0 Å². The molecular weight excluding hydrogens is 393 g/mol. The Balaban J connectivity index is 2.49. The van der Waals surface area contributed by atoms with Crippen molar-refractivity contribution in [3.8, 4) is 0 Å². The first-order chi connectivity index (χ1) is 13.6. The van der Waals surface area contributed by atoms with Crippen LogP contribution in [0.15, 0.2) is 30.2 Å². The van der Waals surface area contributed by atoms with Crippen LogP contribution >= 0.6 is 0 Å². The predicted molar refractivity (Wildman–Crippen MR) is 97.7 cm³/mol. The van der Waals surface area contributed by atoms with Crippen molar-refractivity contribution < 1.29 is 36.9 Å². The standard InChI is InChI=1S/C19H23F3N2O5/c1-6-14(29-19(20,21)22)15(26-4)9-11(2)17-23-16(18(25)27-5)13-7-8-28-12(3)10-24(13)17/h6,9,12H,2,7-8,10H2,1,3-5H3/b14-6+,15-9+/t12-/m1/s1. The summed E-state index contributed by atoms with van der Waals surface area (Å²) in [6.07, 6.45) is -2.22. The van der Waals surface area contributed by atoms with Crippen molar-refractivity contribution in [3.05, 3.63) is 47.5 Å². The minimum atomic E-state index is -4.88. The summed E-state index contributed by atoms with van der Waals surface area (Å²) in [6, 6.07) is 0. The Kier molecular flexibility index (Phi) is 7.12. The topological polar surface area (TPSA) is 71.8 Å². The van der Waals surface area contributed by atoms with Gasteiger partial charge in [-0.2, -0.15) is 0 Å². The highest BCUT2D eigenvalue weighted by Gasteiger charge is 2.33. The Bertz CT molecular complexity index is 840. The van der Waals surface area contributed by atoms with Crippen molar-refractivity contribution in [3.63, 3.8) is 0 Å². The van der Waals surface area contributed by atoms with Crippen molar-refractivity contribution in [2.75, 3.05) is 20.8 Å². The number of nitrogens with zero attached hydrogens (tertiary/aromatic N) is 2. The van der Waals surface area contributed by atoms with Gasteiger partial charge >= 0.3 is 12.3 Å². The van der Waals surface area contributed by atoms with Crippen molar-refractivity contribution in [2.45, 2.75) is 39.3 Å². The molecule has 1 aliphatic heterocycles. The SMILES string of the molecule is C=C(/C=C(OC)\C(=C/C)OC(F)(F)F)c1nc(C(=O)OC)c2n1C[C@@H](C)OCC2. The second kappa shape index (κ2) is 9.17. The number of ether oxygens (including phenoxy) is 4. The summed E-state index contributed by atoms with van der Waals surface area (Å²) in [4.78, 5) is 16.5. The summed E-state index contributed by atoms with van der Waals surface area (Å²) in [7, 11) is 2.46. The van der Waals surface area contributed by atoms with E-state index in [1.54, 1.807) is 4.57 Å². The summed E-state index contributed by atoms with van der Waals surface area (Å²) >= 11 is 0. The monoisotopic (exact) mass is 416 g/mol. The van der Waals surface area contributed by atoms with Gasteiger partial charge in [0.15, 0.2) is 17.2 Å². The lowest BCUT2D eigenvalue weighted by Gasteiger charge is -2.16. The van der Waals surface area contributed by atoms with Gasteiger partial charge in [-0.25, -0.2) is 9.78 Å². The second-order valence-corrected chi connectivity index (χ2v) is 6.20. The molecule has 0 N–H and O–H groups in total. The lowest BCUT2D eigenvalue weighted by atomic mass is 10.2. The molecule has 29 heavy (non-hydrogen) atoms. The van der Waals surface area contributed by atoms with Gasteiger partial charge in [0.05, 0.1) is 39.2 Å². The first-order valence-electron chi connectivity index (χ1n) is 8.78. The number of carbonyl (C=O) groups excluding carboxylic acids is 1. The third-order valence-electron chi connectivity index (χ3n) is 4.18. The van der Waals surface area contributed by atoms with E-state index in [-0.39, 0.29) is 23.1 Å². The zero-order chi connectivity index (χ0) is 21.8. The van der Waals surface area contributed by atoms with Crippen molar-refractivity contribution >= 4 is 11.5 Å². The number of fused-ring (bicyclic) bond motifs is 1. The first-order valence-corrected chi connectivity index (χ1v) is 8.78. The number of methoxy groups -OCH3 is 2. The van der Waals surface area contributed by atoms with E-state index in [0.717, 1.165) is 6.08 Å².